The van der Waals surface area contributed by atoms with Crippen molar-refractivity contribution in [3.05, 3.63) is 82.9 Å². The molecule has 1 amide bonds. The van der Waals surface area contributed by atoms with E-state index in [0.29, 0.717) is 16.3 Å². The molecule has 0 bridgehead atoms. The summed E-state index contributed by atoms with van der Waals surface area (Å²) in [7, 11) is -3.96. The normalized spacial score (nSPS) is 11.5. The smallest absolute Gasteiger partial charge is 0.261 e. The van der Waals surface area contributed by atoms with E-state index in [1.165, 1.54) is 30.3 Å². The standard InChI is InChI=1S/C24H24ClN3O4S2/c1-24(2,3)16-6-4-15(5-7-16)22(30)27-23(33)26-20-14-19(12-13-21(20)29)34(31,32)28-18-10-8-17(25)9-11-18/h4-14,28-29H,1-3H3,(H2,26,27,30,33). The van der Waals surface area contributed by atoms with Gasteiger partial charge < -0.3 is 10.4 Å². The zero-order valence-electron chi connectivity index (χ0n) is 18.7. The highest BCUT2D eigenvalue weighted by atomic mass is 35.5. The summed E-state index contributed by atoms with van der Waals surface area (Å²) in [5, 5.41) is 15.7. The number of hydrogen-bond donors (Lipinski definition) is 4. The van der Waals surface area contributed by atoms with E-state index in [-0.39, 0.29) is 26.9 Å². The Balaban J connectivity index is 1.71. The summed E-state index contributed by atoms with van der Waals surface area (Å²) in [6, 6.07) is 17.0. The van der Waals surface area contributed by atoms with Crippen LogP contribution >= 0.6 is 23.8 Å². The second-order valence-corrected chi connectivity index (χ2v) is 11.1. The fraction of sp³-hybridized carbons (Fsp3) is 0.167. The summed E-state index contributed by atoms with van der Waals surface area (Å²) in [4.78, 5) is 12.4. The maximum Gasteiger partial charge on any atom is 0.261 e. The van der Waals surface area contributed by atoms with Crippen LogP contribution in [0.5, 0.6) is 5.75 Å². The van der Waals surface area contributed by atoms with Gasteiger partial charge in [-0.2, -0.15) is 0 Å². The van der Waals surface area contributed by atoms with Crippen LogP contribution in [0.4, 0.5) is 11.4 Å². The Labute approximate surface area is 209 Å². The third kappa shape index (κ3) is 6.47. The van der Waals surface area contributed by atoms with E-state index in [1.807, 2.05) is 12.1 Å². The van der Waals surface area contributed by atoms with E-state index in [1.54, 1.807) is 24.3 Å². The van der Waals surface area contributed by atoms with Gasteiger partial charge in [0.05, 0.1) is 10.6 Å². The third-order valence-electron chi connectivity index (χ3n) is 4.86. The summed E-state index contributed by atoms with van der Waals surface area (Å²) >= 11 is 11.0. The number of rotatable bonds is 5. The molecule has 178 valence electrons. The number of benzene rings is 3. The lowest BCUT2D eigenvalue weighted by Gasteiger charge is -2.19. The van der Waals surface area contributed by atoms with Crippen LogP contribution in [0.15, 0.2) is 71.6 Å². The first-order valence-corrected chi connectivity index (χ1v) is 12.5. The number of sulfonamides is 1. The second kappa shape index (κ2) is 10.0. The number of amides is 1. The van der Waals surface area contributed by atoms with Crippen LogP contribution < -0.4 is 15.4 Å². The molecule has 7 nitrogen and oxygen atoms in total. The van der Waals surface area contributed by atoms with Gasteiger partial charge >= 0.3 is 0 Å². The third-order valence-corrected chi connectivity index (χ3v) is 6.70. The monoisotopic (exact) mass is 517 g/mol. The van der Waals surface area contributed by atoms with Crippen LogP contribution in [0, 0.1) is 0 Å². The Bertz CT molecular complexity index is 1320. The van der Waals surface area contributed by atoms with Crippen LogP contribution in [0.25, 0.3) is 0 Å². The molecular formula is C24H24ClN3O4S2. The van der Waals surface area contributed by atoms with Gasteiger partial charge in [-0.1, -0.05) is 44.5 Å². The van der Waals surface area contributed by atoms with Crippen molar-refractivity contribution in [3.8, 4) is 5.75 Å². The van der Waals surface area contributed by atoms with E-state index in [2.05, 4.69) is 36.1 Å². The van der Waals surface area contributed by atoms with Gasteiger partial charge in [-0.3, -0.25) is 14.8 Å². The topological polar surface area (TPSA) is 108 Å². The molecule has 0 atom stereocenters. The summed E-state index contributed by atoms with van der Waals surface area (Å²) in [5.41, 5.74) is 1.79. The number of hydrogen-bond acceptors (Lipinski definition) is 5. The number of carbonyl (C=O) groups is 1. The zero-order valence-corrected chi connectivity index (χ0v) is 21.1. The fourth-order valence-corrected chi connectivity index (χ4v) is 4.38. The molecular weight excluding hydrogens is 494 g/mol. The highest BCUT2D eigenvalue weighted by Gasteiger charge is 2.18. The predicted molar refractivity (Wildman–Crippen MR) is 139 cm³/mol. The Hall–Kier alpha value is -3.14. The Kier molecular flexibility index (Phi) is 7.50. The molecule has 3 aromatic carbocycles. The molecule has 34 heavy (non-hydrogen) atoms. The molecule has 0 heterocycles. The highest BCUT2D eigenvalue weighted by molar-refractivity contribution is 7.92. The van der Waals surface area contributed by atoms with Crippen molar-refractivity contribution in [2.45, 2.75) is 31.1 Å². The van der Waals surface area contributed by atoms with Gasteiger partial charge in [-0.15, -0.1) is 0 Å². The SMILES string of the molecule is CC(C)(C)c1ccc(C(=O)NC(=S)Nc2cc(S(=O)(=O)Nc3ccc(Cl)cc3)ccc2O)cc1. The molecule has 0 spiro atoms. The van der Waals surface area contributed by atoms with Gasteiger partial charge in [0.25, 0.3) is 15.9 Å². The van der Waals surface area contributed by atoms with Crippen LogP contribution in [-0.2, 0) is 15.4 Å². The minimum absolute atomic E-state index is 0.0207. The average Bonchev–Trinajstić information content (AvgIpc) is 2.76. The van der Waals surface area contributed by atoms with Crippen LogP contribution in [-0.4, -0.2) is 24.5 Å². The van der Waals surface area contributed by atoms with Crippen molar-refractivity contribution in [2.75, 3.05) is 10.0 Å². The molecule has 0 unspecified atom stereocenters. The van der Waals surface area contributed by atoms with Crippen molar-refractivity contribution in [3.63, 3.8) is 0 Å². The Morgan fingerprint density at radius 2 is 1.59 bits per heavy atom. The number of aromatic hydroxyl groups is 1. The number of phenolic OH excluding ortho intramolecular Hbond substituents is 1. The average molecular weight is 518 g/mol. The summed E-state index contributed by atoms with van der Waals surface area (Å²) in [6.07, 6.45) is 0. The van der Waals surface area contributed by atoms with Crippen molar-refractivity contribution in [2.24, 2.45) is 0 Å². The summed E-state index contributed by atoms with van der Waals surface area (Å²) in [5.74, 6) is -0.679. The minimum atomic E-state index is -3.96. The summed E-state index contributed by atoms with van der Waals surface area (Å²) in [6.45, 7) is 6.23. The lowest BCUT2D eigenvalue weighted by Crippen LogP contribution is -2.34. The lowest BCUT2D eigenvalue weighted by molar-refractivity contribution is 0.0977. The molecule has 4 N–H and O–H groups in total. The van der Waals surface area contributed by atoms with Crippen molar-refractivity contribution in [1.82, 2.24) is 5.32 Å². The molecule has 0 aliphatic carbocycles. The van der Waals surface area contributed by atoms with E-state index in [4.69, 9.17) is 23.8 Å². The molecule has 0 aromatic heterocycles. The first kappa shape index (κ1) is 25.5. The van der Waals surface area contributed by atoms with Gasteiger partial charge in [0.1, 0.15) is 5.75 Å². The van der Waals surface area contributed by atoms with Crippen molar-refractivity contribution in [1.29, 1.82) is 0 Å². The van der Waals surface area contributed by atoms with Gasteiger partial charge in [-0.05, 0) is 77.8 Å². The lowest BCUT2D eigenvalue weighted by atomic mass is 9.87. The zero-order chi connectivity index (χ0) is 25.1. The minimum Gasteiger partial charge on any atom is -0.506 e. The fourth-order valence-electron chi connectivity index (χ4n) is 2.96. The molecule has 0 radical (unpaired) electrons. The van der Waals surface area contributed by atoms with Gasteiger partial charge in [-0.25, -0.2) is 8.42 Å². The van der Waals surface area contributed by atoms with Gasteiger partial charge in [0.2, 0.25) is 0 Å². The molecule has 3 rings (SSSR count). The van der Waals surface area contributed by atoms with E-state index < -0.39 is 15.9 Å². The Morgan fingerprint density at radius 3 is 2.18 bits per heavy atom. The largest absolute Gasteiger partial charge is 0.506 e. The van der Waals surface area contributed by atoms with Crippen molar-refractivity contribution < 1.29 is 18.3 Å². The molecule has 0 saturated carbocycles. The van der Waals surface area contributed by atoms with E-state index in [9.17, 15) is 18.3 Å². The maximum atomic E-state index is 12.7. The molecule has 0 aliphatic rings. The van der Waals surface area contributed by atoms with Gasteiger partial charge in [0.15, 0.2) is 5.11 Å². The molecule has 3 aromatic rings. The number of carbonyl (C=O) groups excluding carboxylic acids is 1. The van der Waals surface area contributed by atoms with E-state index >= 15 is 0 Å². The van der Waals surface area contributed by atoms with Gasteiger partial charge in [0, 0.05) is 16.3 Å². The quantitative estimate of drug-likeness (QED) is 0.271. The van der Waals surface area contributed by atoms with E-state index in [0.717, 1.165) is 5.56 Å². The number of anilines is 2. The van der Waals surface area contributed by atoms with Crippen LogP contribution in [0.3, 0.4) is 0 Å². The first-order valence-electron chi connectivity index (χ1n) is 10.2. The second-order valence-electron chi connectivity index (χ2n) is 8.53. The first-order chi connectivity index (χ1) is 15.8. The number of nitrogens with one attached hydrogen (secondary N) is 3. The molecule has 10 heteroatoms. The number of thiocarbonyl (C=S) groups is 1. The molecule has 0 saturated heterocycles. The highest BCUT2D eigenvalue weighted by Crippen LogP contribution is 2.28. The summed E-state index contributed by atoms with van der Waals surface area (Å²) < 4.78 is 27.9. The van der Waals surface area contributed by atoms with Crippen LogP contribution in [0.2, 0.25) is 5.02 Å². The molecule has 0 fully saturated rings. The van der Waals surface area contributed by atoms with Crippen LogP contribution in [0.1, 0.15) is 36.7 Å². The molecule has 0 aliphatic heterocycles. The number of halogens is 1. The number of phenols is 1. The van der Waals surface area contributed by atoms with Crippen molar-refractivity contribution >= 4 is 56.2 Å². The predicted octanol–water partition coefficient (Wildman–Crippen LogP) is 5.27. The maximum absolute atomic E-state index is 12.7. The Morgan fingerprint density at radius 1 is 0.971 bits per heavy atom.